The molecule has 0 amide bonds. The van der Waals surface area contributed by atoms with Gasteiger partial charge >= 0.3 is 7.60 Å². The van der Waals surface area contributed by atoms with Gasteiger partial charge in [-0.3, -0.25) is 9.36 Å². The second-order valence-electron chi connectivity index (χ2n) is 4.02. The Morgan fingerprint density at radius 2 is 1.68 bits per heavy atom. The molecule has 106 valence electrons. The molecule has 6 heteroatoms. The Kier molecular flexibility index (Phi) is 6.22. The van der Waals surface area contributed by atoms with Crippen molar-refractivity contribution in [3.63, 3.8) is 0 Å². The summed E-state index contributed by atoms with van der Waals surface area (Å²) in [5.41, 5.74) is 1.03. The standard InChI is InChI=1S/C13H19O5P/c1-16-13-8-5-11(6-9-13)4-7-12(14)10-19(15,17-2)18-3/h5-6,8-9H,4,7,10H2,1-3H3. The first kappa shape index (κ1) is 15.9. The highest BCUT2D eigenvalue weighted by Crippen LogP contribution is 2.46. The number of ketones is 1. The van der Waals surface area contributed by atoms with Gasteiger partial charge in [-0.1, -0.05) is 12.1 Å². The zero-order valence-corrected chi connectivity index (χ0v) is 12.3. The third-order valence-electron chi connectivity index (χ3n) is 2.78. The van der Waals surface area contributed by atoms with Gasteiger partial charge in [0.25, 0.3) is 0 Å². The summed E-state index contributed by atoms with van der Waals surface area (Å²) >= 11 is 0. The average molecular weight is 286 g/mol. The summed E-state index contributed by atoms with van der Waals surface area (Å²) in [4.78, 5) is 11.7. The highest BCUT2D eigenvalue weighted by molar-refractivity contribution is 7.54. The van der Waals surface area contributed by atoms with Gasteiger partial charge in [-0.2, -0.15) is 0 Å². The number of aryl methyl sites for hydroxylation is 1. The molecule has 5 nitrogen and oxygen atoms in total. The predicted octanol–water partition coefficient (Wildman–Crippen LogP) is 2.68. The average Bonchev–Trinajstić information content (AvgIpc) is 2.45. The molecule has 0 spiro atoms. The number of rotatable bonds is 8. The fraction of sp³-hybridized carbons (Fsp3) is 0.462. The molecule has 0 bridgehead atoms. The molecule has 0 unspecified atom stereocenters. The number of ether oxygens (including phenoxy) is 1. The molecule has 0 fully saturated rings. The summed E-state index contributed by atoms with van der Waals surface area (Å²) in [7, 11) is 0.920. The first-order chi connectivity index (χ1) is 9.03. The van der Waals surface area contributed by atoms with Crippen molar-refractivity contribution in [2.45, 2.75) is 12.8 Å². The fourth-order valence-electron chi connectivity index (χ4n) is 1.57. The third kappa shape index (κ3) is 5.15. The largest absolute Gasteiger partial charge is 0.497 e. The Bertz CT molecular complexity index is 447. The van der Waals surface area contributed by atoms with E-state index in [1.165, 1.54) is 14.2 Å². The van der Waals surface area contributed by atoms with E-state index in [0.29, 0.717) is 12.8 Å². The Morgan fingerprint density at radius 1 is 1.11 bits per heavy atom. The Labute approximate surface area is 113 Å². The normalized spacial score (nSPS) is 11.3. The van der Waals surface area contributed by atoms with Crippen LogP contribution in [0.25, 0.3) is 0 Å². The molecule has 1 aromatic carbocycles. The minimum absolute atomic E-state index is 0.136. The first-order valence-corrected chi connectivity index (χ1v) is 7.61. The van der Waals surface area contributed by atoms with Crippen LogP contribution >= 0.6 is 7.60 Å². The quantitative estimate of drug-likeness (QED) is 0.687. The highest BCUT2D eigenvalue weighted by Gasteiger charge is 2.24. The SMILES string of the molecule is COc1ccc(CCC(=O)CP(=O)(OC)OC)cc1. The molecule has 0 saturated heterocycles. The van der Waals surface area contributed by atoms with Gasteiger partial charge in [-0.25, -0.2) is 0 Å². The van der Waals surface area contributed by atoms with E-state index in [9.17, 15) is 9.36 Å². The van der Waals surface area contributed by atoms with Crippen molar-refractivity contribution < 1.29 is 23.1 Å². The lowest BCUT2D eigenvalue weighted by Gasteiger charge is -2.12. The van der Waals surface area contributed by atoms with Crippen LogP contribution in [0, 0.1) is 0 Å². The van der Waals surface area contributed by atoms with Crippen molar-refractivity contribution in [3.05, 3.63) is 29.8 Å². The number of benzene rings is 1. The predicted molar refractivity (Wildman–Crippen MR) is 72.8 cm³/mol. The van der Waals surface area contributed by atoms with Crippen LogP contribution in [0.3, 0.4) is 0 Å². The van der Waals surface area contributed by atoms with Crippen LogP contribution in [0.5, 0.6) is 5.75 Å². The van der Waals surface area contributed by atoms with Crippen LogP contribution in [0.4, 0.5) is 0 Å². The van der Waals surface area contributed by atoms with Crippen molar-refractivity contribution in [1.82, 2.24) is 0 Å². The van der Waals surface area contributed by atoms with Gasteiger partial charge in [-0.05, 0) is 24.1 Å². The van der Waals surface area contributed by atoms with Crippen LogP contribution in [-0.2, 0) is 24.8 Å². The smallest absolute Gasteiger partial charge is 0.337 e. The lowest BCUT2D eigenvalue weighted by molar-refractivity contribution is -0.116. The van der Waals surface area contributed by atoms with E-state index >= 15 is 0 Å². The maximum absolute atomic E-state index is 11.8. The number of methoxy groups -OCH3 is 1. The first-order valence-electron chi connectivity index (χ1n) is 5.88. The molecule has 0 aliphatic heterocycles. The molecule has 1 aromatic rings. The molecule has 0 radical (unpaired) electrons. The van der Waals surface area contributed by atoms with Gasteiger partial charge in [0.05, 0.1) is 7.11 Å². The minimum atomic E-state index is -3.24. The Hall–Kier alpha value is -1.16. The molecule has 0 aromatic heterocycles. The number of hydrogen-bond acceptors (Lipinski definition) is 5. The summed E-state index contributed by atoms with van der Waals surface area (Å²) < 4.78 is 26.3. The minimum Gasteiger partial charge on any atom is -0.497 e. The second kappa shape index (κ2) is 7.43. The van der Waals surface area contributed by atoms with E-state index in [-0.39, 0.29) is 11.9 Å². The lowest BCUT2D eigenvalue weighted by Crippen LogP contribution is -2.08. The van der Waals surface area contributed by atoms with Crippen molar-refractivity contribution in [2.24, 2.45) is 0 Å². The van der Waals surface area contributed by atoms with E-state index in [2.05, 4.69) is 0 Å². The maximum atomic E-state index is 11.8. The van der Waals surface area contributed by atoms with Gasteiger partial charge in [-0.15, -0.1) is 0 Å². The van der Waals surface area contributed by atoms with Crippen molar-refractivity contribution in [3.8, 4) is 5.75 Å². The zero-order valence-electron chi connectivity index (χ0n) is 11.4. The summed E-state index contributed by atoms with van der Waals surface area (Å²) in [6, 6.07) is 7.49. The molecule has 19 heavy (non-hydrogen) atoms. The zero-order chi connectivity index (χ0) is 14.3. The van der Waals surface area contributed by atoms with Crippen LogP contribution in [-0.4, -0.2) is 33.3 Å². The summed E-state index contributed by atoms with van der Waals surface area (Å²) in [5, 5.41) is 0. The molecular weight excluding hydrogens is 267 g/mol. The van der Waals surface area contributed by atoms with E-state index in [4.69, 9.17) is 13.8 Å². The van der Waals surface area contributed by atoms with Crippen LogP contribution in [0.1, 0.15) is 12.0 Å². The van der Waals surface area contributed by atoms with Gasteiger partial charge in [0, 0.05) is 20.6 Å². The summed E-state index contributed by atoms with van der Waals surface area (Å²) in [6.45, 7) is 0. The van der Waals surface area contributed by atoms with E-state index in [0.717, 1.165) is 11.3 Å². The molecule has 0 N–H and O–H groups in total. The molecule has 0 saturated carbocycles. The molecular formula is C13H19O5P. The molecule has 0 heterocycles. The van der Waals surface area contributed by atoms with E-state index < -0.39 is 7.60 Å². The van der Waals surface area contributed by atoms with E-state index in [1.807, 2.05) is 24.3 Å². The number of carbonyl (C=O) groups is 1. The van der Waals surface area contributed by atoms with Crippen molar-refractivity contribution in [2.75, 3.05) is 27.5 Å². The molecule has 0 aliphatic carbocycles. The lowest BCUT2D eigenvalue weighted by atomic mass is 10.1. The van der Waals surface area contributed by atoms with Crippen LogP contribution < -0.4 is 4.74 Å². The number of hydrogen-bond donors (Lipinski definition) is 0. The van der Waals surface area contributed by atoms with Crippen LogP contribution in [0.2, 0.25) is 0 Å². The second-order valence-corrected chi connectivity index (χ2v) is 6.29. The monoisotopic (exact) mass is 286 g/mol. The Balaban J connectivity index is 2.47. The molecule has 1 rings (SSSR count). The highest BCUT2D eigenvalue weighted by atomic mass is 31.2. The topological polar surface area (TPSA) is 61.8 Å². The van der Waals surface area contributed by atoms with Gasteiger partial charge in [0.2, 0.25) is 0 Å². The van der Waals surface area contributed by atoms with Gasteiger partial charge < -0.3 is 13.8 Å². The fourth-order valence-corrected chi connectivity index (χ4v) is 2.57. The number of carbonyl (C=O) groups excluding carboxylic acids is 1. The summed E-state index contributed by atoms with van der Waals surface area (Å²) in [5.74, 6) is 0.640. The third-order valence-corrected chi connectivity index (χ3v) is 4.63. The van der Waals surface area contributed by atoms with Crippen molar-refractivity contribution in [1.29, 1.82) is 0 Å². The van der Waals surface area contributed by atoms with Crippen LogP contribution in [0.15, 0.2) is 24.3 Å². The number of Topliss-reactive ketones (excluding diaryl/α,β-unsaturated/α-hetero) is 1. The molecule has 0 aliphatic rings. The van der Waals surface area contributed by atoms with Crippen molar-refractivity contribution >= 4 is 13.4 Å². The summed E-state index contributed by atoms with van der Waals surface area (Å²) in [6.07, 6.45) is 0.718. The maximum Gasteiger partial charge on any atom is 0.337 e. The Morgan fingerprint density at radius 3 is 2.16 bits per heavy atom. The van der Waals surface area contributed by atoms with Gasteiger partial charge in [0.1, 0.15) is 17.7 Å². The molecule has 0 atom stereocenters. The van der Waals surface area contributed by atoms with E-state index in [1.54, 1.807) is 7.11 Å². The van der Waals surface area contributed by atoms with Gasteiger partial charge in [0.15, 0.2) is 0 Å².